The summed E-state index contributed by atoms with van der Waals surface area (Å²) < 4.78 is 4.90. The van der Waals surface area contributed by atoms with E-state index in [4.69, 9.17) is 20.1 Å². The summed E-state index contributed by atoms with van der Waals surface area (Å²) in [5.74, 6) is 0. The zero-order valence-corrected chi connectivity index (χ0v) is 11.3. The van der Waals surface area contributed by atoms with E-state index < -0.39 is 5.41 Å². The fraction of sp³-hybridized carbons (Fsp3) is 0.667. The molecular weight excluding hydrogens is 244 g/mol. The SMILES string of the molecule is C=CCOCC=C.CCC(CO)(CO)CO.Cl. The Bertz CT molecular complexity index is 144. The Morgan fingerprint density at radius 3 is 1.47 bits per heavy atom. The van der Waals surface area contributed by atoms with Crippen molar-refractivity contribution in [1.82, 2.24) is 0 Å². The first-order chi connectivity index (χ1) is 7.66. The Hall–Kier alpha value is -0.390. The van der Waals surface area contributed by atoms with E-state index in [0.717, 1.165) is 0 Å². The molecule has 0 saturated heterocycles. The first-order valence-corrected chi connectivity index (χ1v) is 5.28. The van der Waals surface area contributed by atoms with Gasteiger partial charge in [0.2, 0.25) is 0 Å². The van der Waals surface area contributed by atoms with Gasteiger partial charge in [0.25, 0.3) is 0 Å². The highest BCUT2D eigenvalue weighted by Crippen LogP contribution is 2.18. The average molecular weight is 269 g/mol. The molecule has 0 aliphatic carbocycles. The van der Waals surface area contributed by atoms with Gasteiger partial charge in [0.05, 0.1) is 33.0 Å². The molecule has 0 rings (SSSR count). The molecule has 0 atom stereocenters. The van der Waals surface area contributed by atoms with Crippen LogP contribution in [0, 0.1) is 5.41 Å². The third-order valence-electron chi connectivity index (χ3n) is 2.23. The first kappa shape index (κ1) is 21.9. The molecule has 3 N–H and O–H groups in total. The molecule has 0 bridgehead atoms. The second kappa shape index (κ2) is 15.6. The maximum absolute atomic E-state index is 8.66. The first-order valence-electron chi connectivity index (χ1n) is 5.28. The van der Waals surface area contributed by atoms with Crippen molar-refractivity contribution in [1.29, 1.82) is 0 Å². The van der Waals surface area contributed by atoms with Gasteiger partial charge in [-0.3, -0.25) is 0 Å². The summed E-state index contributed by atoms with van der Waals surface area (Å²) >= 11 is 0. The smallest absolute Gasteiger partial charge is 0.0649 e. The van der Waals surface area contributed by atoms with Crippen LogP contribution in [0.4, 0.5) is 0 Å². The van der Waals surface area contributed by atoms with E-state index in [1.807, 2.05) is 6.92 Å². The van der Waals surface area contributed by atoms with Gasteiger partial charge in [-0.05, 0) is 6.42 Å². The van der Waals surface area contributed by atoms with Crippen LogP contribution in [-0.4, -0.2) is 48.4 Å². The van der Waals surface area contributed by atoms with Crippen LogP contribution in [-0.2, 0) is 4.74 Å². The Morgan fingerprint density at radius 1 is 1.00 bits per heavy atom. The van der Waals surface area contributed by atoms with Crippen molar-refractivity contribution < 1.29 is 20.1 Å². The third-order valence-corrected chi connectivity index (χ3v) is 2.23. The Labute approximate surface area is 110 Å². The number of hydrogen-bond donors (Lipinski definition) is 3. The van der Waals surface area contributed by atoms with E-state index in [1.54, 1.807) is 12.2 Å². The van der Waals surface area contributed by atoms with Crippen molar-refractivity contribution in [2.45, 2.75) is 13.3 Å². The highest BCUT2D eigenvalue weighted by molar-refractivity contribution is 5.85. The van der Waals surface area contributed by atoms with Crippen LogP contribution in [0.3, 0.4) is 0 Å². The van der Waals surface area contributed by atoms with Gasteiger partial charge in [-0.2, -0.15) is 0 Å². The molecule has 0 amide bonds. The molecular formula is C12H25ClO4. The highest BCUT2D eigenvalue weighted by Gasteiger charge is 2.24. The highest BCUT2D eigenvalue weighted by atomic mass is 35.5. The zero-order valence-electron chi connectivity index (χ0n) is 10.5. The molecule has 0 aliphatic heterocycles. The fourth-order valence-corrected chi connectivity index (χ4v) is 0.720. The minimum atomic E-state index is -0.667. The Balaban J connectivity index is -0.000000224. The monoisotopic (exact) mass is 268 g/mol. The molecule has 17 heavy (non-hydrogen) atoms. The van der Waals surface area contributed by atoms with E-state index in [-0.39, 0.29) is 32.2 Å². The quantitative estimate of drug-likeness (QED) is 0.456. The topological polar surface area (TPSA) is 69.9 Å². The van der Waals surface area contributed by atoms with Crippen LogP contribution >= 0.6 is 12.4 Å². The number of halogens is 1. The van der Waals surface area contributed by atoms with Crippen LogP contribution in [0.1, 0.15) is 13.3 Å². The molecule has 4 nitrogen and oxygen atoms in total. The van der Waals surface area contributed by atoms with Gasteiger partial charge in [0.15, 0.2) is 0 Å². The molecule has 0 aromatic carbocycles. The van der Waals surface area contributed by atoms with Gasteiger partial charge in [-0.25, -0.2) is 0 Å². The molecule has 0 aromatic heterocycles. The van der Waals surface area contributed by atoms with E-state index >= 15 is 0 Å². The van der Waals surface area contributed by atoms with Gasteiger partial charge in [0, 0.05) is 5.41 Å². The largest absolute Gasteiger partial charge is 0.396 e. The molecule has 0 aliphatic rings. The normalized spacial score (nSPS) is 9.65. The van der Waals surface area contributed by atoms with Crippen LogP contribution in [0.15, 0.2) is 25.3 Å². The van der Waals surface area contributed by atoms with E-state index in [9.17, 15) is 0 Å². The molecule has 104 valence electrons. The summed E-state index contributed by atoms with van der Waals surface area (Å²) in [6.07, 6.45) is 4.02. The molecule has 0 fully saturated rings. The second-order valence-electron chi connectivity index (χ2n) is 3.44. The lowest BCUT2D eigenvalue weighted by atomic mass is 9.88. The van der Waals surface area contributed by atoms with E-state index in [0.29, 0.717) is 19.6 Å². The summed E-state index contributed by atoms with van der Waals surface area (Å²) in [5.41, 5.74) is -0.667. The molecule has 0 radical (unpaired) electrons. The number of hydrogen-bond acceptors (Lipinski definition) is 4. The second-order valence-corrected chi connectivity index (χ2v) is 3.44. The van der Waals surface area contributed by atoms with Crippen molar-refractivity contribution in [3.8, 4) is 0 Å². The number of ether oxygens (including phenoxy) is 1. The number of rotatable bonds is 8. The zero-order chi connectivity index (χ0) is 12.9. The van der Waals surface area contributed by atoms with Gasteiger partial charge in [-0.1, -0.05) is 19.1 Å². The van der Waals surface area contributed by atoms with Crippen molar-refractivity contribution in [3.63, 3.8) is 0 Å². The number of aliphatic hydroxyl groups excluding tert-OH is 3. The maximum atomic E-state index is 8.66. The lowest BCUT2D eigenvalue weighted by Gasteiger charge is -2.24. The average Bonchev–Trinajstić information content (AvgIpc) is 2.34. The molecule has 0 spiro atoms. The molecule has 5 heteroatoms. The van der Waals surface area contributed by atoms with Crippen molar-refractivity contribution >= 4 is 12.4 Å². The van der Waals surface area contributed by atoms with Crippen LogP contribution in [0.5, 0.6) is 0 Å². The standard InChI is InChI=1S/C6H14O3.C6H10O.ClH/c1-2-6(3-7,4-8)5-9;1-3-5-7-6-4-2;/h7-9H,2-5H2,1H3;3-4H,1-2,5-6H2;1H. The summed E-state index contributed by atoms with van der Waals surface area (Å²) in [6, 6.07) is 0. The summed E-state index contributed by atoms with van der Waals surface area (Å²) in [7, 11) is 0. The molecule has 0 unspecified atom stereocenters. The molecule has 0 saturated carbocycles. The van der Waals surface area contributed by atoms with Crippen LogP contribution in [0.25, 0.3) is 0 Å². The fourth-order valence-electron chi connectivity index (χ4n) is 0.720. The van der Waals surface area contributed by atoms with E-state index in [2.05, 4.69) is 13.2 Å². The number of aliphatic hydroxyl groups is 3. The molecule has 0 heterocycles. The summed E-state index contributed by atoms with van der Waals surface area (Å²) in [4.78, 5) is 0. The van der Waals surface area contributed by atoms with Gasteiger partial charge in [0.1, 0.15) is 0 Å². The minimum Gasteiger partial charge on any atom is -0.396 e. The molecule has 0 aromatic rings. The Morgan fingerprint density at radius 2 is 1.35 bits per heavy atom. The maximum Gasteiger partial charge on any atom is 0.0649 e. The lowest BCUT2D eigenvalue weighted by molar-refractivity contribution is 0.00304. The van der Waals surface area contributed by atoms with Gasteiger partial charge in [-0.15, -0.1) is 25.6 Å². The minimum absolute atomic E-state index is 0. The van der Waals surface area contributed by atoms with Crippen molar-refractivity contribution in [3.05, 3.63) is 25.3 Å². The van der Waals surface area contributed by atoms with E-state index in [1.165, 1.54) is 0 Å². The lowest BCUT2D eigenvalue weighted by Crippen LogP contribution is -2.32. The van der Waals surface area contributed by atoms with Crippen LogP contribution < -0.4 is 0 Å². The van der Waals surface area contributed by atoms with Gasteiger partial charge >= 0.3 is 0 Å². The Kier molecular flexibility index (Phi) is 20.1. The summed E-state index contributed by atoms with van der Waals surface area (Å²) in [6.45, 7) is 9.53. The van der Waals surface area contributed by atoms with Crippen molar-refractivity contribution in [2.24, 2.45) is 5.41 Å². The third kappa shape index (κ3) is 11.9. The van der Waals surface area contributed by atoms with Crippen LogP contribution in [0.2, 0.25) is 0 Å². The summed E-state index contributed by atoms with van der Waals surface area (Å²) in [5, 5.41) is 26.0. The predicted molar refractivity (Wildman–Crippen MR) is 72.4 cm³/mol. The predicted octanol–water partition coefficient (Wildman–Crippen LogP) is 1.16. The van der Waals surface area contributed by atoms with Gasteiger partial charge < -0.3 is 20.1 Å². The van der Waals surface area contributed by atoms with Crippen molar-refractivity contribution in [2.75, 3.05) is 33.0 Å².